The van der Waals surface area contributed by atoms with Gasteiger partial charge in [-0.15, -0.1) is 0 Å². The van der Waals surface area contributed by atoms with Crippen LogP contribution in [0.5, 0.6) is 5.75 Å². The van der Waals surface area contributed by atoms with Crippen LogP contribution in [0.4, 0.5) is 0 Å². The largest absolute Gasteiger partial charge is 0.497 e. The lowest BCUT2D eigenvalue weighted by molar-refractivity contribution is 0.0880. The smallest absolute Gasteiger partial charge is 0.259 e. The molecule has 214 valence electrons. The van der Waals surface area contributed by atoms with E-state index in [9.17, 15) is 9.59 Å². The van der Waals surface area contributed by atoms with E-state index < -0.39 is 0 Å². The molecule has 0 unspecified atom stereocenters. The predicted octanol–water partition coefficient (Wildman–Crippen LogP) is 9.29. The molecule has 2 aromatic heterocycles. The van der Waals surface area contributed by atoms with Gasteiger partial charge in [-0.3, -0.25) is 14.9 Å². The van der Waals surface area contributed by atoms with Crippen molar-refractivity contribution in [2.75, 3.05) is 7.11 Å². The number of ether oxygens (including phenoxy) is 1. The van der Waals surface area contributed by atoms with Crippen molar-refractivity contribution < 1.29 is 18.7 Å². The van der Waals surface area contributed by atoms with E-state index in [1.807, 2.05) is 36.4 Å². The number of carbonyl (C=O) groups excluding carboxylic acids is 2. The summed E-state index contributed by atoms with van der Waals surface area (Å²) in [4.78, 5) is 26.4. The average Bonchev–Trinajstić information content (AvgIpc) is 3.62. The van der Waals surface area contributed by atoms with Gasteiger partial charge in [-0.05, 0) is 30.7 Å². The second-order valence-corrected chi connectivity index (χ2v) is 11.5. The zero-order chi connectivity index (χ0) is 28.3. The standard InChI is InChI=1S/C35H40N2O4/c1-3-4-5-6-7-8-9-10-11-12-13-16-21-37-26-18-15-14-17-24(26)28-30-31(35(39)36-34(30)38)29-25-22-23(40-2)19-20-27(25)41-33(29)32(28)37/h14-15,17-20,22H,3-13,16,21H2,1-2H3,(H,36,38,39). The molecule has 0 aliphatic carbocycles. The van der Waals surface area contributed by atoms with Crippen LogP contribution in [0.2, 0.25) is 0 Å². The fraction of sp³-hybridized carbons (Fsp3) is 0.429. The molecule has 0 radical (unpaired) electrons. The number of hydrogen-bond acceptors (Lipinski definition) is 4. The van der Waals surface area contributed by atoms with Crippen LogP contribution in [0, 0.1) is 0 Å². The van der Waals surface area contributed by atoms with Crippen LogP contribution >= 0.6 is 0 Å². The Hall–Kier alpha value is -3.80. The highest BCUT2D eigenvalue weighted by molar-refractivity contribution is 6.38. The number of fused-ring (bicyclic) bond motifs is 10. The van der Waals surface area contributed by atoms with E-state index in [1.165, 1.54) is 64.2 Å². The number of rotatable bonds is 14. The van der Waals surface area contributed by atoms with Crippen molar-refractivity contribution in [1.29, 1.82) is 0 Å². The minimum absolute atomic E-state index is 0.345. The summed E-state index contributed by atoms with van der Waals surface area (Å²) >= 11 is 0. The zero-order valence-electron chi connectivity index (χ0n) is 24.3. The molecule has 0 fully saturated rings. The minimum atomic E-state index is -0.375. The highest BCUT2D eigenvalue weighted by Gasteiger charge is 2.36. The Balaban J connectivity index is 1.30. The van der Waals surface area contributed by atoms with Gasteiger partial charge in [-0.2, -0.15) is 0 Å². The maximum Gasteiger partial charge on any atom is 0.259 e. The molecule has 3 aromatic carbocycles. The van der Waals surface area contributed by atoms with Gasteiger partial charge < -0.3 is 13.7 Å². The molecule has 0 atom stereocenters. The number of furan rings is 1. The Morgan fingerprint density at radius 1 is 0.756 bits per heavy atom. The van der Waals surface area contributed by atoms with E-state index >= 15 is 0 Å². The lowest BCUT2D eigenvalue weighted by atomic mass is 9.97. The van der Waals surface area contributed by atoms with E-state index in [-0.39, 0.29) is 11.8 Å². The molecule has 6 nitrogen and oxygen atoms in total. The Labute approximate surface area is 241 Å². The highest BCUT2D eigenvalue weighted by Crippen LogP contribution is 2.45. The monoisotopic (exact) mass is 552 g/mol. The molecule has 2 amide bonds. The molecule has 0 bridgehead atoms. The van der Waals surface area contributed by atoms with Crippen LogP contribution in [0.1, 0.15) is 105 Å². The molecule has 0 saturated heterocycles. The van der Waals surface area contributed by atoms with Crippen molar-refractivity contribution in [2.24, 2.45) is 0 Å². The van der Waals surface area contributed by atoms with Crippen molar-refractivity contribution >= 4 is 55.6 Å². The summed E-state index contributed by atoms with van der Waals surface area (Å²) in [5.74, 6) is -0.0431. The van der Waals surface area contributed by atoms with Gasteiger partial charge in [-0.25, -0.2) is 0 Å². The highest BCUT2D eigenvalue weighted by atomic mass is 16.5. The van der Waals surface area contributed by atoms with Crippen LogP contribution in [-0.2, 0) is 6.54 Å². The Morgan fingerprint density at radius 3 is 2.07 bits per heavy atom. The molecule has 1 aliphatic rings. The van der Waals surface area contributed by atoms with Gasteiger partial charge in [0.15, 0.2) is 5.58 Å². The van der Waals surface area contributed by atoms with Gasteiger partial charge in [-0.1, -0.05) is 95.8 Å². The Kier molecular flexibility index (Phi) is 8.00. The summed E-state index contributed by atoms with van der Waals surface area (Å²) in [6.45, 7) is 3.09. The van der Waals surface area contributed by atoms with Crippen LogP contribution in [0.15, 0.2) is 46.9 Å². The predicted molar refractivity (Wildman–Crippen MR) is 166 cm³/mol. The normalized spacial score (nSPS) is 13.2. The fourth-order valence-corrected chi connectivity index (χ4v) is 6.69. The number of aromatic nitrogens is 1. The topological polar surface area (TPSA) is 73.5 Å². The van der Waals surface area contributed by atoms with Gasteiger partial charge in [0, 0.05) is 33.6 Å². The number of aryl methyl sites for hydroxylation is 1. The SMILES string of the molecule is CCCCCCCCCCCCCCn1c2ccccc2c2c3c(c4c5cc(OC)ccc5oc4c21)C(=O)NC3=O. The number of unbranched alkanes of at least 4 members (excludes halogenated alkanes) is 11. The number of methoxy groups -OCH3 is 1. The maximum absolute atomic E-state index is 13.2. The first kappa shape index (κ1) is 27.4. The van der Waals surface area contributed by atoms with Gasteiger partial charge in [0.25, 0.3) is 11.8 Å². The van der Waals surface area contributed by atoms with Gasteiger partial charge in [0.2, 0.25) is 0 Å². The summed E-state index contributed by atoms with van der Waals surface area (Å²) in [6, 6.07) is 13.8. The first-order chi connectivity index (χ1) is 20.1. The number of nitrogens with zero attached hydrogens (tertiary/aromatic N) is 1. The van der Waals surface area contributed by atoms with E-state index in [0.29, 0.717) is 33.4 Å². The summed E-state index contributed by atoms with van der Waals surface area (Å²) in [7, 11) is 1.62. The maximum atomic E-state index is 13.2. The van der Waals surface area contributed by atoms with E-state index in [0.717, 1.165) is 46.6 Å². The summed E-state index contributed by atoms with van der Waals surface area (Å²) < 4.78 is 14.3. The third kappa shape index (κ3) is 4.98. The van der Waals surface area contributed by atoms with E-state index in [1.54, 1.807) is 7.11 Å². The van der Waals surface area contributed by atoms with Crippen molar-refractivity contribution in [3.05, 3.63) is 53.6 Å². The molecule has 1 N–H and O–H groups in total. The third-order valence-corrected chi connectivity index (χ3v) is 8.75. The molecule has 5 aromatic rings. The van der Waals surface area contributed by atoms with Crippen LogP contribution < -0.4 is 10.1 Å². The average molecular weight is 553 g/mol. The third-order valence-electron chi connectivity index (χ3n) is 8.75. The summed E-state index contributed by atoms with van der Waals surface area (Å²) in [5, 5.41) is 5.80. The molecular formula is C35H40N2O4. The summed E-state index contributed by atoms with van der Waals surface area (Å²) in [6.07, 6.45) is 15.6. The zero-order valence-corrected chi connectivity index (χ0v) is 24.3. The van der Waals surface area contributed by atoms with Crippen LogP contribution in [0.3, 0.4) is 0 Å². The number of benzene rings is 3. The fourth-order valence-electron chi connectivity index (χ4n) is 6.69. The Morgan fingerprint density at radius 2 is 1.39 bits per heavy atom. The number of imide groups is 1. The quantitative estimate of drug-likeness (QED) is 0.110. The lowest BCUT2D eigenvalue weighted by Crippen LogP contribution is -2.20. The summed E-state index contributed by atoms with van der Waals surface area (Å²) in [5.41, 5.74) is 4.13. The van der Waals surface area contributed by atoms with E-state index in [2.05, 4.69) is 22.9 Å². The van der Waals surface area contributed by atoms with Crippen molar-refractivity contribution in [3.63, 3.8) is 0 Å². The second-order valence-electron chi connectivity index (χ2n) is 11.5. The molecule has 3 heterocycles. The molecule has 0 spiro atoms. The van der Waals surface area contributed by atoms with Crippen LogP contribution in [-0.4, -0.2) is 23.5 Å². The second kappa shape index (κ2) is 12.0. The van der Waals surface area contributed by atoms with E-state index in [4.69, 9.17) is 9.15 Å². The minimum Gasteiger partial charge on any atom is -0.497 e. The number of nitrogens with one attached hydrogen (secondary N) is 1. The number of hydrogen-bond donors (Lipinski definition) is 1. The molecule has 1 aliphatic heterocycles. The molecule has 6 rings (SSSR count). The lowest BCUT2D eigenvalue weighted by Gasteiger charge is -2.09. The molecular weight excluding hydrogens is 512 g/mol. The van der Waals surface area contributed by atoms with Gasteiger partial charge in [0.1, 0.15) is 11.3 Å². The first-order valence-corrected chi connectivity index (χ1v) is 15.5. The molecule has 0 saturated carbocycles. The molecule has 6 heteroatoms. The number of para-hydroxylation sites is 1. The van der Waals surface area contributed by atoms with Crippen LogP contribution in [0.25, 0.3) is 43.7 Å². The first-order valence-electron chi connectivity index (χ1n) is 15.5. The Bertz CT molecular complexity index is 1740. The van der Waals surface area contributed by atoms with Crippen molar-refractivity contribution in [1.82, 2.24) is 9.88 Å². The van der Waals surface area contributed by atoms with Gasteiger partial charge >= 0.3 is 0 Å². The van der Waals surface area contributed by atoms with Gasteiger partial charge in [0.05, 0.1) is 23.8 Å². The van der Waals surface area contributed by atoms with Crippen molar-refractivity contribution in [2.45, 2.75) is 90.5 Å². The number of carbonyl (C=O) groups is 2. The molecule has 41 heavy (non-hydrogen) atoms. The van der Waals surface area contributed by atoms with Crippen molar-refractivity contribution in [3.8, 4) is 5.75 Å². The number of amides is 2.